The van der Waals surface area contributed by atoms with Crippen LogP contribution in [0.1, 0.15) is 31.1 Å². The smallest absolute Gasteiger partial charge is 0.157 e. The van der Waals surface area contributed by atoms with Gasteiger partial charge in [-0.15, -0.1) is 11.3 Å². The second-order valence-electron chi connectivity index (χ2n) is 5.75. The van der Waals surface area contributed by atoms with Crippen LogP contribution in [0.15, 0.2) is 23.8 Å². The highest BCUT2D eigenvalue weighted by molar-refractivity contribution is 7.09. The topological polar surface area (TPSA) is 67.1 Å². The third kappa shape index (κ3) is 3.32. The van der Waals surface area contributed by atoms with E-state index < -0.39 is 0 Å². The van der Waals surface area contributed by atoms with Crippen molar-refractivity contribution >= 4 is 28.7 Å². The van der Waals surface area contributed by atoms with Crippen LogP contribution in [0.2, 0.25) is 0 Å². The maximum absolute atomic E-state index is 6.31. The van der Waals surface area contributed by atoms with E-state index in [-0.39, 0.29) is 0 Å². The van der Waals surface area contributed by atoms with Gasteiger partial charge in [0.25, 0.3) is 0 Å². The first-order valence-corrected chi connectivity index (χ1v) is 8.77. The van der Waals surface area contributed by atoms with E-state index in [0.29, 0.717) is 11.7 Å². The molecule has 1 aliphatic heterocycles. The van der Waals surface area contributed by atoms with Gasteiger partial charge in [-0.05, 0) is 44.1 Å². The summed E-state index contributed by atoms with van der Waals surface area (Å²) in [4.78, 5) is 12.4. The van der Waals surface area contributed by atoms with Gasteiger partial charge in [-0.2, -0.15) is 0 Å². The number of nitrogens with one attached hydrogen (secondary N) is 1. The zero-order valence-corrected chi connectivity index (χ0v) is 13.8. The van der Waals surface area contributed by atoms with E-state index in [0.717, 1.165) is 31.1 Å². The fraction of sp³-hybridized carbons (Fsp3) is 0.500. The molecule has 0 aromatic carbocycles. The van der Waals surface area contributed by atoms with Crippen molar-refractivity contribution < 1.29 is 0 Å². The summed E-state index contributed by atoms with van der Waals surface area (Å²) in [6, 6.07) is 4.72. The predicted molar refractivity (Wildman–Crippen MR) is 93.6 cm³/mol. The van der Waals surface area contributed by atoms with Crippen LogP contribution in [0.4, 0.5) is 17.3 Å². The fourth-order valence-electron chi connectivity index (χ4n) is 2.93. The molecule has 6 heteroatoms. The number of hydrogen-bond donors (Lipinski definition) is 2. The molecule has 0 bridgehead atoms. The van der Waals surface area contributed by atoms with E-state index in [1.54, 1.807) is 17.7 Å². The quantitative estimate of drug-likeness (QED) is 0.886. The van der Waals surface area contributed by atoms with Crippen molar-refractivity contribution in [2.75, 3.05) is 29.0 Å². The van der Waals surface area contributed by atoms with E-state index in [9.17, 15) is 0 Å². The lowest BCUT2D eigenvalue weighted by Crippen LogP contribution is -2.38. The van der Waals surface area contributed by atoms with Gasteiger partial charge in [-0.3, -0.25) is 0 Å². The van der Waals surface area contributed by atoms with E-state index in [1.807, 2.05) is 0 Å². The molecular formula is C16H23N5S. The molecule has 1 aliphatic rings. The SMILES string of the molecule is CC1CCCCN1c1ncnc(NCCc2cccs2)c1N. The van der Waals surface area contributed by atoms with E-state index in [2.05, 4.69) is 44.6 Å². The first-order chi connectivity index (χ1) is 10.8. The molecule has 5 nitrogen and oxygen atoms in total. The molecule has 2 aromatic heterocycles. The average molecular weight is 317 g/mol. The van der Waals surface area contributed by atoms with Crippen LogP contribution in [0, 0.1) is 0 Å². The maximum Gasteiger partial charge on any atom is 0.157 e. The number of thiophene rings is 1. The summed E-state index contributed by atoms with van der Waals surface area (Å²) in [6.45, 7) is 4.10. The molecule has 0 saturated carbocycles. The van der Waals surface area contributed by atoms with E-state index in [4.69, 9.17) is 5.73 Å². The molecule has 118 valence electrons. The van der Waals surface area contributed by atoms with Crippen LogP contribution in [0.5, 0.6) is 0 Å². The van der Waals surface area contributed by atoms with Gasteiger partial charge >= 0.3 is 0 Å². The minimum atomic E-state index is 0.491. The molecule has 0 aliphatic carbocycles. The molecule has 3 N–H and O–H groups in total. The Morgan fingerprint density at radius 2 is 2.32 bits per heavy atom. The Hall–Kier alpha value is -1.82. The molecule has 1 fully saturated rings. The Bertz CT molecular complexity index is 599. The number of piperidine rings is 1. The van der Waals surface area contributed by atoms with Crippen LogP contribution in [0.25, 0.3) is 0 Å². The first kappa shape index (κ1) is 15.1. The van der Waals surface area contributed by atoms with Crippen LogP contribution >= 0.6 is 11.3 Å². The minimum Gasteiger partial charge on any atom is -0.393 e. The molecular weight excluding hydrogens is 294 g/mol. The van der Waals surface area contributed by atoms with Crippen LogP contribution in [0.3, 0.4) is 0 Å². The lowest BCUT2D eigenvalue weighted by Gasteiger charge is -2.35. The maximum atomic E-state index is 6.31. The monoisotopic (exact) mass is 317 g/mol. The normalized spacial score (nSPS) is 18.4. The zero-order valence-electron chi connectivity index (χ0n) is 13.0. The largest absolute Gasteiger partial charge is 0.393 e. The third-order valence-electron chi connectivity index (χ3n) is 4.18. The van der Waals surface area contributed by atoms with Crippen LogP contribution in [-0.4, -0.2) is 29.1 Å². The molecule has 2 aromatic rings. The van der Waals surface area contributed by atoms with Crippen molar-refractivity contribution in [3.8, 4) is 0 Å². The van der Waals surface area contributed by atoms with Gasteiger partial charge in [0, 0.05) is 24.0 Å². The molecule has 1 atom stereocenters. The third-order valence-corrected chi connectivity index (χ3v) is 5.12. The molecule has 22 heavy (non-hydrogen) atoms. The molecule has 3 heterocycles. The van der Waals surface area contributed by atoms with Crippen LogP contribution in [-0.2, 0) is 6.42 Å². The van der Waals surface area contributed by atoms with Gasteiger partial charge in [0.2, 0.25) is 0 Å². The van der Waals surface area contributed by atoms with Gasteiger partial charge in [0.1, 0.15) is 12.0 Å². The van der Waals surface area contributed by atoms with E-state index in [1.165, 1.54) is 24.1 Å². The van der Waals surface area contributed by atoms with Crippen molar-refractivity contribution in [3.63, 3.8) is 0 Å². The highest BCUT2D eigenvalue weighted by atomic mass is 32.1. The number of anilines is 3. The Labute approximate surface area is 135 Å². The Morgan fingerprint density at radius 3 is 3.09 bits per heavy atom. The Morgan fingerprint density at radius 1 is 1.41 bits per heavy atom. The molecule has 1 unspecified atom stereocenters. The summed E-state index contributed by atoms with van der Waals surface area (Å²) in [5, 5.41) is 5.45. The number of nitrogen functional groups attached to an aromatic ring is 1. The van der Waals surface area contributed by atoms with E-state index >= 15 is 0 Å². The summed E-state index contributed by atoms with van der Waals surface area (Å²) in [5.41, 5.74) is 6.98. The second kappa shape index (κ2) is 6.96. The summed E-state index contributed by atoms with van der Waals surface area (Å²) in [5.74, 6) is 1.63. The van der Waals surface area contributed by atoms with Crippen molar-refractivity contribution in [2.24, 2.45) is 0 Å². The molecule has 0 radical (unpaired) electrons. The molecule has 1 saturated heterocycles. The van der Waals surface area contributed by atoms with Crippen molar-refractivity contribution in [2.45, 2.75) is 38.6 Å². The Balaban J connectivity index is 1.68. The number of nitrogens with two attached hydrogens (primary N) is 1. The molecule has 0 amide bonds. The van der Waals surface area contributed by atoms with Gasteiger partial charge in [0.15, 0.2) is 11.6 Å². The highest BCUT2D eigenvalue weighted by Gasteiger charge is 2.22. The van der Waals surface area contributed by atoms with Crippen LogP contribution < -0.4 is 16.0 Å². The number of aromatic nitrogens is 2. The number of hydrogen-bond acceptors (Lipinski definition) is 6. The summed E-state index contributed by atoms with van der Waals surface area (Å²) < 4.78 is 0. The number of rotatable bonds is 5. The van der Waals surface area contributed by atoms with Gasteiger partial charge in [0.05, 0.1) is 0 Å². The minimum absolute atomic E-state index is 0.491. The Kier molecular flexibility index (Phi) is 4.77. The predicted octanol–water partition coefficient (Wildman–Crippen LogP) is 3.15. The summed E-state index contributed by atoms with van der Waals surface area (Å²) in [6.07, 6.45) is 6.28. The second-order valence-corrected chi connectivity index (χ2v) is 6.79. The lowest BCUT2D eigenvalue weighted by molar-refractivity contribution is 0.481. The first-order valence-electron chi connectivity index (χ1n) is 7.89. The molecule has 3 rings (SSSR count). The highest BCUT2D eigenvalue weighted by Crippen LogP contribution is 2.30. The summed E-state index contributed by atoms with van der Waals surface area (Å²) in [7, 11) is 0. The van der Waals surface area contributed by atoms with Gasteiger partial charge < -0.3 is 16.0 Å². The average Bonchev–Trinajstić information content (AvgIpc) is 3.03. The standard InChI is InChI=1S/C16H23N5S/c1-12-5-2-3-9-21(12)16-14(17)15(19-11-20-16)18-8-7-13-6-4-10-22-13/h4,6,10-12H,2-3,5,7-9,17H2,1H3,(H,18,19,20). The summed E-state index contributed by atoms with van der Waals surface area (Å²) >= 11 is 1.78. The fourth-order valence-corrected chi connectivity index (χ4v) is 3.64. The van der Waals surface area contributed by atoms with Crippen molar-refractivity contribution in [3.05, 3.63) is 28.7 Å². The zero-order chi connectivity index (χ0) is 15.4. The lowest BCUT2D eigenvalue weighted by atomic mass is 10.0. The number of nitrogens with zero attached hydrogens (tertiary/aromatic N) is 3. The van der Waals surface area contributed by atoms with Crippen molar-refractivity contribution in [1.82, 2.24) is 9.97 Å². The van der Waals surface area contributed by atoms with Gasteiger partial charge in [-0.25, -0.2) is 9.97 Å². The van der Waals surface area contributed by atoms with Crippen molar-refractivity contribution in [1.29, 1.82) is 0 Å². The van der Waals surface area contributed by atoms with Gasteiger partial charge in [-0.1, -0.05) is 6.07 Å². The molecule has 0 spiro atoms.